The highest BCUT2D eigenvalue weighted by Gasteiger charge is 2.13. The topological polar surface area (TPSA) is 9.23 Å². The minimum Gasteiger partial charge on any atom is -0.493 e. The summed E-state index contributed by atoms with van der Waals surface area (Å²) < 4.78 is 18.2. The lowest BCUT2D eigenvalue weighted by Gasteiger charge is -2.17. The predicted molar refractivity (Wildman–Crippen MR) is 45.2 cm³/mol. The van der Waals surface area contributed by atoms with Gasteiger partial charge in [-0.3, -0.25) is 0 Å². The Bertz CT molecular complexity index is 281. The molecule has 1 aliphatic heterocycles. The van der Waals surface area contributed by atoms with E-state index in [1.54, 1.807) is 6.07 Å². The van der Waals surface area contributed by atoms with E-state index >= 15 is 0 Å². The summed E-state index contributed by atoms with van der Waals surface area (Å²) in [5.41, 5.74) is 1.01. The van der Waals surface area contributed by atoms with Crippen LogP contribution in [-0.2, 0) is 6.42 Å². The molecule has 1 aromatic carbocycles. The summed E-state index contributed by atoms with van der Waals surface area (Å²) in [5, 5.41) is 0.180. The average molecular weight is 187 g/mol. The fraction of sp³-hybridized carbons (Fsp3) is 0.333. The molecule has 3 heteroatoms. The van der Waals surface area contributed by atoms with Crippen LogP contribution in [0.1, 0.15) is 12.0 Å². The van der Waals surface area contributed by atoms with Crippen LogP contribution in [0.3, 0.4) is 0 Å². The van der Waals surface area contributed by atoms with Crippen molar-refractivity contribution >= 4 is 11.6 Å². The first-order valence-electron chi connectivity index (χ1n) is 3.88. The zero-order valence-electron chi connectivity index (χ0n) is 6.44. The van der Waals surface area contributed by atoms with Crippen molar-refractivity contribution in [2.24, 2.45) is 0 Å². The second-order valence-corrected chi connectivity index (χ2v) is 3.23. The van der Waals surface area contributed by atoms with Gasteiger partial charge in [-0.2, -0.15) is 0 Å². The maximum absolute atomic E-state index is 12.9. The molecule has 1 aliphatic rings. The van der Waals surface area contributed by atoms with Gasteiger partial charge in [0.2, 0.25) is 0 Å². The van der Waals surface area contributed by atoms with Gasteiger partial charge in [0, 0.05) is 6.07 Å². The smallest absolute Gasteiger partial charge is 0.145 e. The second-order valence-electron chi connectivity index (χ2n) is 2.83. The fourth-order valence-corrected chi connectivity index (χ4v) is 1.53. The zero-order valence-corrected chi connectivity index (χ0v) is 7.20. The fourth-order valence-electron chi connectivity index (χ4n) is 1.34. The van der Waals surface area contributed by atoms with E-state index in [9.17, 15) is 4.39 Å². The van der Waals surface area contributed by atoms with Gasteiger partial charge < -0.3 is 4.74 Å². The number of benzene rings is 1. The molecule has 1 heterocycles. The molecule has 12 heavy (non-hydrogen) atoms. The Morgan fingerprint density at radius 1 is 1.42 bits per heavy atom. The van der Waals surface area contributed by atoms with E-state index in [1.165, 1.54) is 6.07 Å². The van der Waals surface area contributed by atoms with E-state index in [0.717, 1.165) is 18.4 Å². The Labute approximate surface area is 75.1 Å². The predicted octanol–water partition coefficient (Wildman–Crippen LogP) is 2.80. The van der Waals surface area contributed by atoms with Crippen LogP contribution in [0.4, 0.5) is 4.39 Å². The molecule has 2 rings (SSSR count). The van der Waals surface area contributed by atoms with Crippen LogP contribution in [0.5, 0.6) is 5.75 Å². The molecule has 0 atom stereocenters. The van der Waals surface area contributed by atoms with Crippen molar-refractivity contribution in [2.75, 3.05) is 6.61 Å². The van der Waals surface area contributed by atoms with Crippen molar-refractivity contribution in [1.29, 1.82) is 0 Å². The Kier molecular flexibility index (Phi) is 1.93. The molecule has 0 aromatic heterocycles. The highest BCUT2D eigenvalue weighted by molar-refractivity contribution is 6.30. The van der Waals surface area contributed by atoms with Crippen LogP contribution >= 0.6 is 11.6 Å². The summed E-state index contributed by atoms with van der Waals surface area (Å²) in [5.74, 6) is 0.237. The van der Waals surface area contributed by atoms with Crippen molar-refractivity contribution in [3.05, 3.63) is 28.5 Å². The quantitative estimate of drug-likeness (QED) is 0.606. The van der Waals surface area contributed by atoms with Crippen LogP contribution in [-0.4, -0.2) is 6.61 Å². The van der Waals surface area contributed by atoms with Crippen molar-refractivity contribution in [1.82, 2.24) is 0 Å². The van der Waals surface area contributed by atoms with Gasteiger partial charge in [-0.15, -0.1) is 0 Å². The summed E-state index contributed by atoms with van der Waals surface area (Å²) in [4.78, 5) is 0. The van der Waals surface area contributed by atoms with Gasteiger partial charge >= 0.3 is 0 Å². The van der Waals surface area contributed by atoms with Gasteiger partial charge in [-0.05, 0) is 24.5 Å². The highest BCUT2D eigenvalue weighted by atomic mass is 35.5. The minimum atomic E-state index is -0.405. The third-order valence-electron chi connectivity index (χ3n) is 1.95. The summed E-state index contributed by atoms with van der Waals surface area (Å²) in [7, 11) is 0. The van der Waals surface area contributed by atoms with E-state index in [4.69, 9.17) is 16.3 Å². The molecular formula is C9H8ClFO. The molecule has 0 amide bonds. The molecule has 1 aromatic rings. The maximum Gasteiger partial charge on any atom is 0.145 e. The van der Waals surface area contributed by atoms with Crippen molar-refractivity contribution in [3.8, 4) is 5.75 Å². The van der Waals surface area contributed by atoms with Gasteiger partial charge in [0.25, 0.3) is 0 Å². The Balaban J connectivity index is 2.49. The number of hydrogen-bond donors (Lipinski definition) is 0. The van der Waals surface area contributed by atoms with E-state index in [2.05, 4.69) is 0 Å². The molecule has 0 spiro atoms. The Morgan fingerprint density at radius 3 is 3.08 bits per heavy atom. The van der Waals surface area contributed by atoms with Crippen LogP contribution in [0.25, 0.3) is 0 Å². The molecule has 0 unspecified atom stereocenters. The van der Waals surface area contributed by atoms with Crippen molar-refractivity contribution in [2.45, 2.75) is 12.8 Å². The second kappa shape index (κ2) is 2.94. The summed E-state index contributed by atoms with van der Waals surface area (Å²) in [6, 6.07) is 3.00. The number of fused-ring (bicyclic) bond motifs is 1. The SMILES string of the molecule is Fc1cc2c(cc1Cl)CCCO2. The molecular weight excluding hydrogens is 179 g/mol. The van der Waals surface area contributed by atoms with Gasteiger partial charge in [0.15, 0.2) is 0 Å². The van der Waals surface area contributed by atoms with E-state index < -0.39 is 5.82 Å². The molecule has 0 radical (unpaired) electrons. The number of ether oxygens (including phenoxy) is 1. The van der Waals surface area contributed by atoms with E-state index in [-0.39, 0.29) is 5.02 Å². The summed E-state index contributed by atoms with van der Waals surface area (Å²) >= 11 is 5.62. The highest BCUT2D eigenvalue weighted by Crippen LogP contribution is 2.29. The zero-order chi connectivity index (χ0) is 8.55. The molecule has 1 nitrogen and oxygen atoms in total. The largest absolute Gasteiger partial charge is 0.493 e. The number of hydrogen-bond acceptors (Lipinski definition) is 1. The van der Waals surface area contributed by atoms with Crippen LogP contribution in [0, 0.1) is 5.82 Å². The number of rotatable bonds is 0. The van der Waals surface area contributed by atoms with Crippen LogP contribution in [0.15, 0.2) is 12.1 Å². The Hall–Kier alpha value is -0.760. The van der Waals surface area contributed by atoms with E-state index in [1.807, 2.05) is 0 Å². The number of aryl methyl sites for hydroxylation is 1. The monoisotopic (exact) mass is 186 g/mol. The van der Waals surface area contributed by atoms with Gasteiger partial charge in [-0.1, -0.05) is 11.6 Å². The average Bonchev–Trinajstić information content (AvgIpc) is 2.07. The molecule has 0 N–H and O–H groups in total. The van der Waals surface area contributed by atoms with Gasteiger partial charge in [0.1, 0.15) is 11.6 Å². The minimum absolute atomic E-state index is 0.180. The molecule has 0 fully saturated rings. The van der Waals surface area contributed by atoms with E-state index in [0.29, 0.717) is 12.4 Å². The lowest BCUT2D eigenvalue weighted by atomic mass is 10.1. The first-order valence-corrected chi connectivity index (χ1v) is 4.26. The van der Waals surface area contributed by atoms with Gasteiger partial charge in [0.05, 0.1) is 11.6 Å². The standard InChI is InChI=1S/C9H8ClFO/c10-7-4-6-2-1-3-12-9(6)5-8(7)11/h4-5H,1-3H2. The molecule has 0 bridgehead atoms. The maximum atomic E-state index is 12.9. The van der Waals surface area contributed by atoms with Crippen LogP contribution in [0.2, 0.25) is 5.02 Å². The number of halogens is 2. The molecule has 0 saturated heterocycles. The molecule has 0 saturated carbocycles. The van der Waals surface area contributed by atoms with Gasteiger partial charge in [-0.25, -0.2) is 4.39 Å². The third-order valence-corrected chi connectivity index (χ3v) is 2.24. The first kappa shape index (κ1) is 7.87. The lowest BCUT2D eigenvalue weighted by molar-refractivity contribution is 0.286. The summed E-state index contributed by atoms with van der Waals surface area (Å²) in [6.45, 7) is 0.675. The normalized spacial score (nSPS) is 15.2. The molecule has 0 aliphatic carbocycles. The third kappa shape index (κ3) is 1.27. The first-order chi connectivity index (χ1) is 5.77. The van der Waals surface area contributed by atoms with Crippen LogP contribution < -0.4 is 4.74 Å². The summed E-state index contributed by atoms with van der Waals surface area (Å²) in [6.07, 6.45) is 1.91. The molecule has 64 valence electrons. The van der Waals surface area contributed by atoms with Crippen molar-refractivity contribution in [3.63, 3.8) is 0 Å². The Morgan fingerprint density at radius 2 is 2.25 bits per heavy atom. The lowest BCUT2D eigenvalue weighted by Crippen LogP contribution is -2.08. The van der Waals surface area contributed by atoms with Crippen molar-refractivity contribution < 1.29 is 9.13 Å².